The van der Waals surface area contributed by atoms with Crippen LogP contribution in [0.15, 0.2) is 30.7 Å². The van der Waals surface area contributed by atoms with Gasteiger partial charge in [-0.15, -0.1) is 0 Å². The van der Waals surface area contributed by atoms with Gasteiger partial charge in [-0.05, 0) is 26.3 Å². The van der Waals surface area contributed by atoms with Crippen molar-refractivity contribution in [1.29, 1.82) is 0 Å². The van der Waals surface area contributed by atoms with Gasteiger partial charge in [0.1, 0.15) is 5.82 Å². The Morgan fingerprint density at radius 1 is 1.16 bits per heavy atom. The number of rotatable bonds is 4. The molecule has 1 N–H and O–H groups in total. The standard InChI is InChI=1S/C17H22N8/c1-12-8-13(2)25(21-12)17-10-18-9-15(20-17)19-14-4-7-24(11-14)16-5-6-23(3)22-16/h5-6,8-10,14H,4,7,11H2,1-3H3,(H,19,20). The minimum absolute atomic E-state index is 0.326. The third-order valence-corrected chi connectivity index (χ3v) is 4.41. The van der Waals surface area contributed by atoms with E-state index in [1.54, 1.807) is 12.4 Å². The van der Waals surface area contributed by atoms with E-state index >= 15 is 0 Å². The smallest absolute Gasteiger partial charge is 0.174 e. The Balaban J connectivity index is 1.47. The maximum Gasteiger partial charge on any atom is 0.174 e. The molecule has 1 fully saturated rings. The Hall–Kier alpha value is -2.90. The summed E-state index contributed by atoms with van der Waals surface area (Å²) in [5, 5.41) is 12.4. The molecule has 0 saturated carbocycles. The number of anilines is 2. The van der Waals surface area contributed by atoms with E-state index in [1.165, 1.54) is 0 Å². The average Bonchev–Trinajstić information content (AvgIpc) is 3.28. The molecule has 4 rings (SSSR count). The predicted octanol–water partition coefficient (Wildman–Crippen LogP) is 1.70. The number of nitrogens with zero attached hydrogens (tertiary/aromatic N) is 7. The third kappa shape index (κ3) is 3.19. The van der Waals surface area contributed by atoms with Gasteiger partial charge >= 0.3 is 0 Å². The second-order valence-electron chi connectivity index (χ2n) is 6.52. The zero-order valence-electron chi connectivity index (χ0n) is 14.7. The highest BCUT2D eigenvalue weighted by Crippen LogP contribution is 2.20. The van der Waals surface area contributed by atoms with Crippen LogP contribution in [-0.4, -0.2) is 48.7 Å². The van der Waals surface area contributed by atoms with Crippen molar-refractivity contribution in [3.8, 4) is 5.82 Å². The minimum Gasteiger partial charge on any atom is -0.364 e. The lowest BCUT2D eigenvalue weighted by Gasteiger charge is -2.16. The van der Waals surface area contributed by atoms with Crippen LogP contribution in [0.25, 0.3) is 5.82 Å². The van der Waals surface area contributed by atoms with E-state index in [2.05, 4.69) is 30.4 Å². The largest absolute Gasteiger partial charge is 0.364 e. The summed E-state index contributed by atoms with van der Waals surface area (Å²) in [6.45, 7) is 5.88. The van der Waals surface area contributed by atoms with Crippen LogP contribution in [-0.2, 0) is 7.05 Å². The van der Waals surface area contributed by atoms with Gasteiger partial charge in [-0.2, -0.15) is 10.2 Å². The van der Waals surface area contributed by atoms with Gasteiger partial charge in [-0.1, -0.05) is 0 Å². The van der Waals surface area contributed by atoms with Crippen LogP contribution in [0.2, 0.25) is 0 Å². The zero-order valence-corrected chi connectivity index (χ0v) is 14.7. The van der Waals surface area contributed by atoms with Crippen LogP contribution in [0.1, 0.15) is 17.8 Å². The number of aromatic nitrogens is 6. The highest BCUT2D eigenvalue weighted by atomic mass is 15.4. The lowest BCUT2D eigenvalue weighted by Crippen LogP contribution is -2.26. The van der Waals surface area contributed by atoms with Crippen molar-refractivity contribution in [1.82, 2.24) is 29.5 Å². The number of hydrogen-bond acceptors (Lipinski definition) is 6. The van der Waals surface area contributed by atoms with E-state index < -0.39 is 0 Å². The van der Waals surface area contributed by atoms with Crippen molar-refractivity contribution in [2.45, 2.75) is 26.3 Å². The molecule has 8 nitrogen and oxygen atoms in total. The number of hydrogen-bond donors (Lipinski definition) is 1. The van der Waals surface area contributed by atoms with Gasteiger partial charge in [0, 0.05) is 44.1 Å². The SMILES string of the molecule is Cc1cc(C)n(-c2cncc(NC3CCN(c4ccn(C)n4)C3)n2)n1. The molecule has 0 amide bonds. The Morgan fingerprint density at radius 2 is 2.04 bits per heavy atom. The average molecular weight is 338 g/mol. The van der Waals surface area contributed by atoms with Crippen LogP contribution in [0.4, 0.5) is 11.6 Å². The normalized spacial score (nSPS) is 17.2. The molecule has 1 aliphatic rings. The molecule has 8 heteroatoms. The summed E-state index contributed by atoms with van der Waals surface area (Å²) in [7, 11) is 1.94. The number of aryl methyl sites for hydroxylation is 3. The highest BCUT2D eigenvalue weighted by molar-refractivity contribution is 5.43. The summed E-state index contributed by atoms with van der Waals surface area (Å²) in [5.41, 5.74) is 2.02. The van der Waals surface area contributed by atoms with Crippen LogP contribution in [0.3, 0.4) is 0 Å². The fourth-order valence-electron chi connectivity index (χ4n) is 3.25. The second kappa shape index (κ2) is 6.19. The molecule has 1 aliphatic heterocycles. The summed E-state index contributed by atoms with van der Waals surface area (Å²) in [4.78, 5) is 11.3. The molecule has 1 atom stereocenters. The molecule has 130 valence electrons. The molecule has 1 saturated heterocycles. The molecule has 1 unspecified atom stereocenters. The van der Waals surface area contributed by atoms with Crippen LogP contribution in [0.5, 0.6) is 0 Å². The van der Waals surface area contributed by atoms with Crippen LogP contribution >= 0.6 is 0 Å². The van der Waals surface area contributed by atoms with E-state index in [9.17, 15) is 0 Å². The van der Waals surface area contributed by atoms with Crippen molar-refractivity contribution >= 4 is 11.6 Å². The molecule has 0 aromatic carbocycles. The molecule has 4 heterocycles. The first-order chi connectivity index (χ1) is 12.1. The molecule has 3 aromatic heterocycles. The summed E-state index contributed by atoms with van der Waals surface area (Å²) in [6.07, 6.45) is 6.51. The minimum atomic E-state index is 0.326. The fraction of sp³-hybridized carbons (Fsp3) is 0.412. The lowest BCUT2D eigenvalue weighted by atomic mass is 10.2. The fourth-order valence-corrected chi connectivity index (χ4v) is 3.25. The molecular weight excluding hydrogens is 316 g/mol. The first-order valence-corrected chi connectivity index (χ1v) is 8.45. The maximum atomic E-state index is 4.67. The maximum absolute atomic E-state index is 4.67. The summed E-state index contributed by atoms with van der Waals surface area (Å²) in [5.74, 6) is 2.53. The van der Waals surface area contributed by atoms with Gasteiger partial charge in [0.05, 0.1) is 18.1 Å². The van der Waals surface area contributed by atoms with E-state index in [0.29, 0.717) is 6.04 Å². The third-order valence-electron chi connectivity index (χ3n) is 4.41. The first-order valence-electron chi connectivity index (χ1n) is 8.45. The molecule has 0 spiro atoms. The van der Waals surface area contributed by atoms with Gasteiger partial charge in [-0.3, -0.25) is 9.67 Å². The summed E-state index contributed by atoms with van der Waals surface area (Å²) in [6, 6.07) is 4.40. The number of nitrogens with one attached hydrogen (secondary N) is 1. The van der Waals surface area contributed by atoms with Gasteiger partial charge in [0.15, 0.2) is 11.6 Å². The lowest BCUT2D eigenvalue weighted by molar-refractivity contribution is 0.751. The van der Waals surface area contributed by atoms with Gasteiger partial charge in [0.25, 0.3) is 0 Å². The first kappa shape index (κ1) is 15.6. The molecule has 3 aromatic rings. The van der Waals surface area contributed by atoms with Crippen LogP contribution in [0, 0.1) is 13.8 Å². The van der Waals surface area contributed by atoms with E-state index in [0.717, 1.165) is 48.4 Å². The molecule has 0 bridgehead atoms. The summed E-state index contributed by atoms with van der Waals surface area (Å²) >= 11 is 0. The second-order valence-corrected chi connectivity index (χ2v) is 6.52. The molecule has 25 heavy (non-hydrogen) atoms. The Morgan fingerprint density at radius 3 is 2.76 bits per heavy atom. The van der Waals surface area contributed by atoms with Crippen molar-refractivity contribution in [2.24, 2.45) is 7.05 Å². The van der Waals surface area contributed by atoms with E-state index in [-0.39, 0.29) is 0 Å². The molecule has 0 aliphatic carbocycles. The van der Waals surface area contributed by atoms with Gasteiger partial charge in [0.2, 0.25) is 0 Å². The summed E-state index contributed by atoms with van der Waals surface area (Å²) < 4.78 is 3.65. The molecular formula is C17H22N8. The van der Waals surface area contributed by atoms with Crippen molar-refractivity contribution in [2.75, 3.05) is 23.3 Å². The van der Waals surface area contributed by atoms with Gasteiger partial charge in [-0.25, -0.2) is 9.67 Å². The Labute approximate surface area is 146 Å². The Kier molecular flexibility index (Phi) is 3.87. The highest BCUT2D eigenvalue weighted by Gasteiger charge is 2.24. The Bertz CT molecular complexity index is 880. The van der Waals surface area contributed by atoms with Crippen molar-refractivity contribution < 1.29 is 0 Å². The predicted molar refractivity (Wildman–Crippen MR) is 96.1 cm³/mol. The zero-order chi connectivity index (χ0) is 17.4. The van der Waals surface area contributed by atoms with Crippen LogP contribution < -0.4 is 10.2 Å². The van der Waals surface area contributed by atoms with E-state index in [4.69, 9.17) is 0 Å². The molecule has 0 radical (unpaired) electrons. The topological polar surface area (TPSA) is 76.7 Å². The van der Waals surface area contributed by atoms with Gasteiger partial charge < -0.3 is 10.2 Å². The van der Waals surface area contributed by atoms with E-state index in [1.807, 2.05) is 48.6 Å². The van der Waals surface area contributed by atoms with Crippen molar-refractivity contribution in [3.63, 3.8) is 0 Å². The monoisotopic (exact) mass is 338 g/mol. The van der Waals surface area contributed by atoms with Crippen molar-refractivity contribution in [3.05, 3.63) is 42.1 Å². The quantitative estimate of drug-likeness (QED) is 0.780.